The van der Waals surface area contributed by atoms with Crippen molar-refractivity contribution in [2.24, 2.45) is 0 Å². The van der Waals surface area contributed by atoms with E-state index in [0.717, 1.165) is 5.56 Å². The molecule has 2 rings (SSSR count). The van der Waals surface area contributed by atoms with Crippen LogP contribution in [-0.2, 0) is 9.53 Å². The lowest BCUT2D eigenvalue weighted by atomic mass is 10.1. The monoisotopic (exact) mass is 220 g/mol. The quantitative estimate of drug-likeness (QED) is 0.765. The number of rotatable bonds is 2. The van der Waals surface area contributed by atoms with Crippen molar-refractivity contribution in [2.45, 2.75) is 19.4 Å². The van der Waals surface area contributed by atoms with Gasteiger partial charge in [0.1, 0.15) is 5.76 Å². The molecule has 0 aromatic carbocycles. The molecule has 0 saturated carbocycles. The second-order valence-corrected chi connectivity index (χ2v) is 4.69. The third-order valence-electron chi connectivity index (χ3n) is 2.22. The van der Waals surface area contributed by atoms with Gasteiger partial charge in [-0.05, 0) is 42.3 Å². The first-order valence-electron chi connectivity index (χ1n) is 4.73. The fourth-order valence-corrected chi connectivity index (χ4v) is 1.94. The van der Waals surface area contributed by atoms with Crippen LogP contribution in [0.25, 0.3) is 6.08 Å². The van der Waals surface area contributed by atoms with E-state index in [9.17, 15) is 4.79 Å². The molecule has 0 fully saturated rings. The van der Waals surface area contributed by atoms with Crippen LogP contribution in [0.5, 0.6) is 0 Å². The number of ketones is 1. The maximum atomic E-state index is 11.4. The van der Waals surface area contributed by atoms with Gasteiger partial charge in [0.05, 0.1) is 0 Å². The number of hydrogen-bond acceptors (Lipinski definition) is 3. The van der Waals surface area contributed by atoms with Crippen LogP contribution in [0.1, 0.15) is 19.4 Å². The van der Waals surface area contributed by atoms with Crippen LogP contribution in [0.2, 0.25) is 0 Å². The number of allylic oxidation sites excluding steroid dienone is 1. The van der Waals surface area contributed by atoms with Crippen LogP contribution in [0.3, 0.4) is 0 Å². The molecular weight excluding hydrogens is 208 g/mol. The van der Waals surface area contributed by atoms with Crippen molar-refractivity contribution in [1.29, 1.82) is 0 Å². The standard InChI is InChI=1S/C12H12O2S/c1-12(2)11(13)7-10(14-12)4-3-9-5-6-15-8-9/h3-8H,1-2H3/b4-3+. The highest BCUT2D eigenvalue weighted by molar-refractivity contribution is 7.08. The van der Waals surface area contributed by atoms with Gasteiger partial charge in [-0.2, -0.15) is 11.3 Å². The van der Waals surface area contributed by atoms with Gasteiger partial charge in [0.25, 0.3) is 0 Å². The average molecular weight is 220 g/mol. The van der Waals surface area contributed by atoms with Gasteiger partial charge >= 0.3 is 0 Å². The van der Waals surface area contributed by atoms with E-state index < -0.39 is 5.60 Å². The van der Waals surface area contributed by atoms with Gasteiger partial charge in [-0.3, -0.25) is 4.79 Å². The summed E-state index contributed by atoms with van der Waals surface area (Å²) >= 11 is 1.64. The molecule has 0 saturated heterocycles. The molecule has 0 N–H and O–H groups in total. The Morgan fingerprint density at radius 3 is 2.73 bits per heavy atom. The second kappa shape index (κ2) is 3.66. The summed E-state index contributed by atoms with van der Waals surface area (Å²) in [5.74, 6) is 0.656. The van der Waals surface area contributed by atoms with Crippen LogP contribution < -0.4 is 0 Å². The SMILES string of the molecule is CC1(C)OC(/C=C/c2ccsc2)=CC1=O. The van der Waals surface area contributed by atoms with Crippen LogP contribution >= 0.6 is 11.3 Å². The summed E-state index contributed by atoms with van der Waals surface area (Å²) < 4.78 is 5.49. The minimum absolute atomic E-state index is 0.0208. The first kappa shape index (κ1) is 10.2. The Kier molecular flexibility index (Phi) is 2.49. The largest absolute Gasteiger partial charge is 0.480 e. The summed E-state index contributed by atoms with van der Waals surface area (Å²) in [5, 5.41) is 4.05. The molecule has 0 unspecified atom stereocenters. The smallest absolute Gasteiger partial charge is 0.202 e. The Balaban J connectivity index is 2.10. The molecular formula is C12H12O2S. The number of hydrogen-bond donors (Lipinski definition) is 0. The molecule has 0 bridgehead atoms. The summed E-state index contributed by atoms with van der Waals surface area (Å²) in [7, 11) is 0. The van der Waals surface area contributed by atoms with Crippen molar-refractivity contribution in [2.75, 3.05) is 0 Å². The van der Waals surface area contributed by atoms with E-state index in [1.54, 1.807) is 31.3 Å². The Bertz CT molecular complexity index is 424. The molecule has 78 valence electrons. The van der Waals surface area contributed by atoms with Crippen molar-refractivity contribution < 1.29 is 9.53 Å². The molecule has 1 aliphatic heterocycles. The van der Waals surface area contributed by atoms with Crippen LogP contribution in [0.15, 0.2) is 34.7 Å². The lowest BCUT2D eigenvalue weighted by Crippen LogP contribution is -2.27. The minimum Gasteiger partial charge on any atom is -0.480 e. The first-order valence-corrected chi connectivity index (χ1v) is 5.68. The van der Waals surface area contributed by atoms with E-state index in [4.69, 9.17) is 4.74 Å². The highest BCUT2D eigenvalue weighted by Crippen LogP contribution is 2.25. The normalized spacial score (nSPS) is 19.3. The second-order valence-electron chi connectivity index (χ2n) is 3.91. The topological polar surface area (TPSA) is 26.3 Å². The van der Waals surface area contributed by atoms with E-state index in [0.29, 0.717) is 5.76 Å². The number of carbonyl (C=O) groups excluding carboxylic acids is 1. The summed E-state index contributed by atoms with van der Waals surface area (Å²) in [6.07, 6.45) is 5.31. The third kappa shape index (κ3) is 2.18. The van der Waals surface area contributed by atoms with Crippen LogP contribution in [0, 0.1) is 0 Å². The Hall–Kier alpha value is -1.35. The predicted octanol–water partition coefficient (Wildman–Crippen LogP) is 3.02. The molecule has 1 aliphatic rings. The van der Waals surface area contributed by atoms with Crippen molar-refractivity contribution >= 4 is 23.2 Å². The Labute approximate surface area is 92.9 Å². The number of thiophene rings is 1. The summed E-state index contributed by atoms with van der Waals surface area (Å²) in [6, 6.07) is 2.02. The third-order valence-corrected chi connectivity index (χ3v) is 2.92. The lowest BCUT2D eigenvalue weighted by Gasteiger charge is -2.16. The summed E-state index contributed by atoms with van der Waals surface area (Å²) in [4.78, 5) is 11.4. The summed E-state index contributed by atoms with van der Waals surface area (Å²) in [5.41, 5.74) is 0.426. The van der Waals surface area contributed by atoms with E-state index in [-0.39, 0.29) is 5.78 Å². The molecule has 0 amide bonds. The zero-order valence-electron chi connectivity index (χ0n) is 8.69. The molecule has 0 spiro atoms. The molecule has 2 heterocycles. The Morgan fingerprint density at radius 2 is 2.20 bits per heavy atom. The van der Waals surface area contributed by atoms with Gasteiger partial charge in [0.2, 0.25) is 5.78 Å². The van der Waals surface area contributed by atoms with E-state index in [2.05, 4.69) is 0 Å². The van der Waals surface area contributed by atoms with Gasteiger partial charge in [-0.25, -0.2) is 0 Å². The van der Waals surface area contributed by atoms with Crippen molar-refractivity contribution in [3.8, 4) is 0 Å². The number of carbonyl (C=O) groups is 1. The average Bonchev–Trinajstić information content (AvgIpc) is 2.72. The van der Waals surface area contributed by atoms with E-state index in [1.807, 2.05) is 29.0 Å². The van der Waals surface area contributed by atoms with Gasteiger partial charge in [-0.15, -0.1) is 0 Å². The van der Waals surface area contributed by atoms with Crippen LogP contribution in [-0.4, -0.2) is 11.4 Å². The maximum Gasteiger partial charge on any atom is 0.202 e. The Morgan fingerprint density at radius 1 is 1.40 bits per heavy atom. The summed E-state index contributed by atoms with van der Waals surface area (Å²) in [6.45, 7) is 3.55. The van der Waals surface area contributed by atoms with Crippen molar-refractivity contribution in [3.05, 3.63) is 40.3 Å². The predicted molar refractivity (Wildman–Crippen MR) is 61.6 cm³/mol. The molecule has 0 aliphatic carbocycles. The van der Waals surface area contributed by atoms with Crippen molar-refractivity contribution in [1.82, 2.24) is 0 Å². The zero-order valence-corrected chi connectivity index (χ0v) is 9.51. The molecule has 2 nitrogen and oxygen atoms in total. The minimum atomic E-state index is -0.700. The molecule has 1 aromatic rings. The molecule has 3 heteroatoms. The molecule has 0 atom stereocenters. The van der Waals surface area contributed by atoms with E-state index >= 15 is 0 Å². The van der Waals surface area contributed by atoms with Crippen molar-refractivity contribution in [3.63, 3.8) is 0 Å². The molecule has 15 heavy (non-hydrogen) atoms. The maximum absolute atomic E-state index is 11.4. The highest BCUT2D eigenvalue weighted by atomic mass is 32.1. The zero-order chi connectivity index (χ0) is 10.9. The first-order chi connectivity index (χ1) is 7.08. The van der Waals surface area contributed by atoms with Gasteiger partial charge in [0.15, 0.2) is 5.60 Å². The van der Waals surface area contributed by atoms with Gasteiger partial charge < -0.3 is 4.74 Å². The van der Waals surface area contributed by atoms with Crippen LogP contribution in [0.4, 0.5) is 0 Å². The lowest BCUT2D eigenvalue weighted by molar-refractivity contribution is -0.126. The highest BCUT2D eigenvalue weighted by Gasteiger charge is 2.33. The molecule has 1 aromatic heterocycles. The van der Waals surface area contributed by atoms with Gasteiger partial charge in [0, 0.05) is 6.08 Å². The fourth-order valence-electron chi connectivity index (χ4n) is 1.31. The number of ether oxygens (including phenoxy) is 1. The fraction of sp³-hybridized carbons (Fsp3) is 0.250. The van der Waals surface area contributed by atoms with E-state index in [1.165, 1.54) is 0 Å². The molecule has 0 radical (unpaired) electrons. The van der Waals surface area contributed by atoms with Gasteiger partial charge in [-0.1, -0.05) is 6.08 Å².